The van der Waals surface area contributed by atoms with Gasteiger partial charge in [0.25, 0.3) is 5.69 Å². The van der Waals surface area contributed by atoms with E-state index in [4.69, 9.17) is 28.0 Å². The molecule has 0 spiro atoms. The highest BCUT2D eigenvalue weighted by atomic mass is 35.5. The fraction of sp³-hybridized carbons (Fsp3) is 0.267. The highest BCUT2D eigenvalue weighted by molar-refractivity contribution is 6.48. The molecule has 126 valence electrons. The number of non-ortho nitro benzene ring substituents is 1. The van der Waals surface area contributed by atoms with Gasteiger partial charge in [0.1, 0.15) is 16.5 Å². The summed E-state index contributed by atoms with van der Waals surface area (Å²) >= 11 is 12.0. The molecule has 9 heteroatoms. The predicted molar refractivity (Wildman–Crippen MR) is 88.6 cm³/mol. The van der Waals surface area contributed by atoms with Gasteiger partial charge in [0, 0.05) is 12.1 Å². The zero-order chi connectivity index (χ0) is 18.0. The number of benzene rings is 1. The van der Waals surface area contributed by atoms with Crippen molar-refractivity contribution in [3.63, 3.8) is 0 Å². The summed E-state index contributed by atoms with van der Waals surface area (Å²) in [4.78, 5) is 38.6. The predicted octanol–water partition coefficient (Wildman–Crippen LogP) is 3.24. The first-order chi connectivity index (χ1) is 11.2. The first kappa shape index (κ1) is 18.1. The van der Waals surface area contributed by atoms with Gasteiger partial charge in [-0.15, -0.1) is 23.2 Å². The molecule has 2 atom stereocenters. The van der Waals surface area contributed by atoms with Gasteiger partial charge >= 0.3 is 5.97 Å². The quantitative estimate of drug-likeness (QED) is 0.352. The maximum atomic E-state index is 12.0. The van der Waals surface area contributed by atoms with Crippen LogP contribution in [0.2, 0.25) is 0 Å². The molecule has 2 rings (SSSR count). The third kappa shape index (κ3) is 3.47. The standard InChI is InChI=1S/C15H12Cl2N2O5/c1-7-8(2)14(20)12(17)11(16)13(7)18-24-15(21)9-3-5-10(6-4-9)19(22)23/h3-6,11-12H,1-2H3/b18-13-/t11-,12-/m0/s1. The number of hydrogen-bond acceptors (Lipinski definition) is 6. The highest BCUT2D eigenvalue weighted by Crippen LogP contribution is 2.28. The summed E-state index contributed by atoms with van der Waals surface area (Å²) in [7, 11) is 0. The number of hydrogen-bond donors (Lipinski definition) is 0. The van der Waals surface area contributed by atoms with Crippen LogP contribution in [0.3, 0.4) is 0 Å². The molecule has 0 N–H and O–H groups in total. The third-order valence-corrected chi connectivity index (χ3v) is 4.66. The van der Waals surface area contributed by atoms with E-state index in [1.807, 2.05) is 0 Å². The molecule has 0 amide bonds. The van der Waals surface area contributed by atoms with Gasteiger partial charge in [-0.25, -0.2) is 4.79 Å². The van der Waals surface area contributed by atoms with Crippen LogP contribution < -0.4 is 0 Å². The van der Waals surface area contributed by atoms with Gasteiger partial charge in [-0.3, -0.25) is 14.9 Å². The number of ketones is 1. The van der Waals surface area contributed by atoms with E-state index in [0.717, 1.165) is 0 Å². The number of allylic oxidation sites excluding steroid dienone is 2. The lowest BCUT2D eigenvalue weighted by atomic mass is 9.90. The molecule has 0 aromatic heterocycles. The first-order valence-corrected chi connectivity index (χ1v) is 7.65. The van der Waals surface area contributed by atoms with E-state index in [1.54, 1.807) is 13.8 Å². The number of alkyl halides is 2. The summed E-state index contributed by atoms with van der Waals surface area (Å²) in [6, 6.07) is 4.86. The Bertz CT molecular complexity index is 771. The number of nitrogens with zero attached hydrogens (tertiary/aromatic N) is 2. The van der Waals surface area contributed by atoms with Gasteiger partial charge < -0.3 is 4.84 Å². The van der Waals surface area contributed by atoms with Crippen molar-refractivity contribution in [3.8, 4) is 0 Å². The fourth-order valence-corrected chi connectivity index (χ4v) is 2.64. The van der Waals surface area contributed by atoms with Gasteiger partial charge in [-0.05, 0) is 37.1 Å². The lowest BCUT2D eigenvalue weighted by molar-refractivity contribution is -0.384. The molecule has 1 aromatic rings. The van der Waals surface area contributed by atoms with E-state index in [9.17, 15) is 19.7 Å². The summed E-state index contributed by atoms with van der Waals surface area (Å²) in [5.74, 6) is -1.11. The van der Waals surface area contributed by atoms with Gasteiger partial charge in [0.2, 0.25) is 0 Å². The average Bonchev–Trinajstić information content (AvgIpc) is 2.58. The van der Waals surface area contributed by atoms with Crippen LogP contribution in [0.25, 0.3) is 0 Å². The van der Waals surface area contributed by atoms with Crippen LogP contribution >= 0.6 is 23.2 Å². The molecular formula is C15H12Cl2N2O5. The van der Waals surface area contributed by atoms with E-state index in [1.165, 1.54) is 24.3 Å². The SMILES string of the molecule is CC1=C(C)/C(=N/OC(=O)c2ccc([N+](=O)[O-])cc2)[C@@H](Cl)[C@H](Cl)C1=O. The largest absolute Gasteiger partial charge is 0.365 e. The second kappa shape index (κ2) is 7.11. The highest BCUT2D eigenvalue weighted by Gasteiger charge is 2.37. The van der Waals surface area contributed by atoms with Crippen molar-refractivity contribution in [2.75, 3.05) is 0 Å². The molecule has 0 radical (unpaired) electrons. The van der Waals surface area contributed by atoms with Crippen molar-refractivity contribution in [2.24, 2.45) is 5.16 Å². The fourth-order valence-electron chi connectivity index (χ4n) is 2.04. The average molecular weight is 371 g/mol. The minimum atomic E-state index is -0.993. The van der Waals surface area contributed by atoms with E-state index in [2.05, 4.69) is 5.16 Å². The molecule has 0 saturated carbocycles. The van der Waals surface area contributed by atoms with Crippen molar-refractivity contribution in [1.82, 2.24) is 0 Å². The monoisotopic (exact) mass is 370 g/mol. The van der Waals surface area contributed by atoms with E-state index < -0.39 is 21.6 Å². The van der Waals surface area contributed by atoms with Crippen molar-refractivity contribution in [1.29, 1.82) is 0 Å². The van der Waals surface area contributed by atoms with E-state index >= 15 is 0 Å². The van der Waals surface area contributed by atoms with Crippen molar-refractivity contribution >= 4 is 46.4 Å². The van der Waals surface area contributed by atoms with Crippen molar-refractivity contribution in [3.05, 3.63) is 51.1 Å². The number of nitro groups is 1. The summed E-state index contributed by atoms with van der Waals surface area (Å²) in [5.41, 5.74) is 1.03. The Labute approximate surface area is 147 Å². The zero-order valence-corrected chi connectivity index (χ0v) is 14.2. The minimum absolute atomic E-state index is 0.0868. The van der Waals surface area contributed by atoms with Gasteiger partial charge in [-0.1, -0.05) is 5.16 Å². The Kier molecular flexibility index (Phi) is 5.36. The van der Waals surface area contributed by atoms with Crippen LogP contribution in [0.5, 0.6) is 0 Å². The maximum Gasteiger partial charge on any atom is 0.365 e. The molecule has 1 aliphatic carbocycles. The molecule has 0 aliphatic heterocycles. The summed E-state index contributed by atoms with van der Waals surface area (Å²) < 4.78 is 0. The summed E-state index contributed by atoms with van der Waals surface area (Å²) in [5, 5.41) is 12.4. The molecule has 1 aliphatic rings. The molecule has 0 saturated heterocycles. The lowest BCUT2D eigenvalue weighted by Gasteiger charge is -2.24. The molecule has 0 fully saturated rings. The van der Waals surface area contributed by atoms with Crippen molar-refractivity contribution < 1.29 is 19.3 Å². The second-order valence-electron chi connectivity index (χ2n) is 5.08. The first-order valence-electron chi connectivity index (χ1n) is 6.78. The van der Waals surface area contributed by atoms with Gasteiger partial charge in [0.05, 0.1) is 10.5 Å². The van der Waals surface area contributed by atoms with Gasteiger partial charge in [0.15, 0.2) is 5.78 Å². The van der Waals surface area contributed by atoms with Crippen LogP contribution in [0.15, 0.2) is 40.6 Å². The van der Waals surface area contributed by atoms with Crippen molar-refractivity contribution in [2.45, 2.75) is 24.6 Å². The Morgan fingerprint density at radius 2 is 1.75 bits per heavy atom. The molecule has 0 unspecified atom stereocenters. The molecular weight excluding hydrogens is 359 g/mol. The third-order valence-electron chi connectivity index (χ3n) is 3.63. The smallest absolute Gasteiger partial charge is 0.312 e. The number of carbonyl (C=O) groups is 2. The Hall–Kier alpha value is -2.25. The molecule has 0 heterocycles. The van der Waals surface area contributed by atoms with E-state index in [0.29, 0.717) is 11.1 Å². The summed E-state index contributed by atoms with van der Waals surface area (Å²) in [6.07, 6.45) is 0. The Morgan fingerprint density at radius 3 is 2.29 bits per heavy atom. The number of carbonyl (C=O) groups excluding carboxylic acids is 2. The van der Waals surface area contributed by atoms with Crippen LogP contribution in [0, 0.1) is 10.1 Å². The molecule has 1 aromatic carbocycles. The number of oxime groups is 1. The molecule has 7 nitrogen and oxygen atoms in total. The minimum Gasteiger partial charge on any atom is -0.312 e. The number of rotatable bonds is 3. The zero-order valence-electron chi connectivity index (χ0n) is 12.7. The topological polar surface area (TPSA) is 98.9 Å². The lowest BCUT2D eigenvalue weighted by Crippen LogP contribution is -2.38. The van der Waals surface area contributed by atoms with Crippen LogP contribution in [0.1, 0.15) is 24.2 Å². The van der Waals surface area contributed by atoms with E-state index in [-0.39, 0.29) is 22.7 Å². The normalized spacial score (nSPS) is 22.7. The van der Waals surface area contributed by atoms with Crippen LogP contribution in [-0.4, -0.2) is 33.1 Å². The van der Waals surface area contributed by atoms with Crippen LogP contribution in [-0.2, 0) is 9.63 Å². The van der Waals surface area contributed by atoms with Gasteiger partial charge in [-0.2, -0.15) is 0 Å². The second-order valence-corrected chi connectivity index (χ2v) is 6.02. The Morgan fingerprint density at radius 1 is 1.17 bits per heavy atom. The number of halogens is 2. The molecule has 0 bridgehead atoms. The molecule has 24 heavy (non-hydrogen) atoms. The Balaban J connectivity index is 2.21. The number of Topliss-reactive ketones (excluding diaryl/α,β-unsaturated/α-hetero) is 1. The van der Waals surface area contributed by atoms with Crippen LogP contribution in [0.4, 0.5) is 5.69 Å². The maximum absolute atomic E-state index is 12.0. The summed E-state index contributed by atoms with van der Waals surface area (Å²) in [6.45, 7) is 3.22. The number of nitro benzene ring substituents is 1.